The zero-order valence-corrected chi connectivity index (χ0v) is 19.3. The van der Waals surface area contributed by atoms with Gasteiger partial charge in [0.25, 0.3) is 5.91 Å². The first-order chi connectivity index (χ1) is 15.9. The number of carbonyl (C=O) groups is 1. The second kappa shape index (κ2) is 8.97. The Bertz CT molecular complexity index is 1300. The maximum atomic E-state index is 15.1. The normalized spacial score (nSPS) is 16.3. The van der Waals surface area contributed by atoms with E-state index in [-0.39, 0.29) is 23.5 Å². The lowest BCUT2D eigenvalue weighted by Gasteiger charge is -2.30. The minimum absolute atomic E-state index is 0.00350. The lowest BCUT2D eigenvalue weighted by molar-refractivity contribution is 0.0949. The van der Waals surface area contributed by atoms with Crippen LogP contribution in [0.4, 0.5) is 10.1 Å². The van der Waals surface area contributed by atoms with Crippen LogP contribution in [0.1, 0.15) is 34.8 Å². The topological polar surface area (TPSA) is 66.4 Å². The number of anilines is 1. The van der Waals surface area contributed by atoms with Crippen LogP contribution in [0.3, 0.4) is 0 Å². The molecule has 0 unspecified atom stereocenters. The van der Waals surface area contributed by atoms with Gasteiger partial charge >= 0.3 is 0 Å². The van der Waals surface area contributed by atoms with Gasteiger partial charge < -0.3 is 20.1 Å². The number of piperazine rings is 1. The maximum absolute atomic E-state index is 15.1. The Hall–Kier alpha value is -2.61. The number of fused-ring (bicyclic) bond motifs is 1. The number of carbonyl (C=O) groups excluding carboxylic acids is 1. The van der Waals surface area contributed by atoms with E-state index in [2.05, 4.69) is 10.6 Å². The summed E-state index contributed by atoms with van der Waals surface area (Å²) < 4.78 is 17.0. The van der Waals surface area contributed by atoms with E-state index in [0.29, 0.717) is 34.3 Å². The quantitative estimate of drug-likeness (QED) is 0.566. The molecule has 33 heavy (non-hydrogen) atoms. The number of hydrogen-bond acceptors (Lipinski definition) is 4. The van der Waals surface area contributed by atoms with E-state index in [1.807, 2.05) is 9.47 Å². The van der Waals surface area contributed by atoms with Gasteiger partial charge in [-0.3, -0.25) is 9.59 Å². The number of nitrogens with one attached hydrogen (secondary N) is 2. The molecule has 1 aliphatic carbocycles. The molecule has 2 N–H and O–H groups in total. The number of nitrogens with zero attached hydrogens (tertiary/aromatic N) is 2. The van der Waals surface area contributed by atoms with E-state index >= 15 is 4.39 Å². The average Bonchev–Trinajstić information content (AvgIpc) is 3.66. The third-order valence-corrected chi connectivity index (χ3v) is 6.92. The highest BCUT2D eigenvalue weighted by atomic mass is 35.5. The van der Waals surface area contributed by atoms with Gasteiger partial charge in [0.1, 0.15) is 11.4 Å². The monoisotopic (exact) mass is 488 g/mol. The van der Waals surface area contributed by atoms with Crippen molar-refractivity contribution in [3.63, 3.8) is 0 Å². The fourth-order valence-corrected chi connectivity index (χ4v) is 4.57. The Kier molecular flexibility index (Phi) is 6.03. The lowest BCUT2D eigenvalue weighted by atomic mass is 10.1. The second-order valence-corrected chi connectivity index (χ2v) is 9.31. The van der Waals surface area contributed by atoms with Crippen LogP contribution in [0.15, 0.2) is 41.3 Å². The summed E-state index contributed by atoms with van der Waals surface area (Å²) in [6.45, 7) is 3.15. The Morgan fingerprint density at radius 3 is 2.58 bits per heavy atom. The van der Waals surface area contributed by atoms with Crippen molar-refractivity contribution in [2.45, 2.75) is 25.4 Å². The van der Waals surface area contributed by atoms with E-state index in [4.69, 9.17) is 23.2 Å². The molecule has 1 saturated heterocycles. The molecule has 2 aliphatic rings. The summed E-state index contributed by atoms with van der Waals surface area (Å²) in [6, 6.07) is 8.32. The molecule has 6 nitrogen and oxygen atoms in total. The Morgan fingerprint density at radius 1 is 1.12 bits per heavy atom. The number of pyridine rings is 1. The van der Waals surface area contributed by atoms with Gasteiger partial charge in [-0.25, -0.2) is 4.39 Å². The van der Waals surface area contributed by atoms with Crippen molar-refractivity contribution in [2.75, 3.05) is 31.1 Å². The molecular weight excluding hydrogens is 466 g/mol. The minimum Gasteiger partial charge on any atom is -0.367 e. The molecule has 2 heterocycles. The molecule has 0 spiro atoms. The van der Waals surface area contributed by atoms with E-state index in [9.17, 15) is 9.59 Å². The highest BCUT2D eigenvalue weighted by molar-refractivity contribution is 6.42. The SMILES string of the molecule is O=C(NCc1ccc(Cl)c(Cl)c1)c1cn(C2CC2)c2cc(N3CCNCC3)c(F)cc2c1=O. The molecule has 0 radical (unpaired) electrons. The standard InChI is InChI=1S/C24H23Cl2FN4O2/c25-18-4-1-14(9-19(18)26)12-29-24(33)17-13-31(15-2-3-15)21-11-22(30-7-5-28-6-8-30)20(27)10-16(21)23(17)32/h1,4,9-11,13,15,28H,2-3,5-8,12H2,(H,29,33). The van der Waals surface area contributed by atoms with Gasteiger partial charge in [-0.2, -0.15) is 0 Å². The molecule has 1 saturated carbocycles. The Balaban J connectivity index is 1.50. The molecule has 2 fully saturated rings. The number of aromatic nitrogens is 1. The van der Waals surface area contributed by atoms with Crippen LogP contribution in [0.5, 0.6) is 0 Å². The summed E-state index contributed by atoms with van der Waals surface area (Å²) in [6.07, 6.45) is 3.54. The van der Waals surface area contributed by atoms with E-state index in [1.165, 1.54) is 6.07 Å². The summed E-state index contributed by atoms with van der Waals surface area (Å²) in [5, 5.41) is 7.07. The van der Waals surface area contributed by atoms with Crippen molar-refractivity contribution in [3.05, 3.63) is 73.7 Å². The number of halogens is 3. The van der Waals surface area contributed by atoms with E-state index in [1.54, 1.807) is 30.5 Å². The summed E-state index contributed by atoms with van der Waals surface area (Å²) in [4.78, 5) is 28.1. The number of amides is 1. The fourth-order valence-electron chi connectivity index (χ4n) is 4.25. The zero-order valence-electron chi connectivity index (χ0n) is 17.8. The smallest absolute Gasteiger partial charge is 0.257 e. The molecule has 3 aromatic rings. The van der Waals surface area contributed by atoms with Crippen LogP contribution in [-0.2, 0) is 6.54 Å². The first kappa shape index (κ1) is 22.2. The third kappa shape index (κ3) is 4.45. The van der Waals surface area contributed by atoms with Gasteiger partial charge in [-0.1, -0.05) is 29.3 Å². The van der Waals surface area contributed by atoms with Gasteiger partial charge in [-0.05, 0) is 42.7 Å². The van der Waals surface area contributed by atoms with Gasteiger partial charge in [0.2, 0.25) is 5.43 Å². The summed E-state index contributed by atoms with van der Waals surface area (Å²) >= 11 is 12.0. The predicted octanol–water partition coefficient (Wildman–Crippen LogP) is 4.12. The molecule has 1 amide bonds. The summed E-state index contributed by atoms with van der Waals surface area (Å²) in [5.74, 6) is -0.953. The Labute approximate surface area is 200 Å². The molecule has 2 aromatic carbocycles. The predicted molar refractivity (Wildman–Crippen MR) is 129 cm³/mol. The van der Waals surface area contributed by atoms with Crippen molar-refractivity contribution in [3.8, 4) is 0 Å². The number of hydrogen-bond donors (Lipinski definition) is 2. The van der Waals surface area contributed by atoms with Crippen LogP contribution in [0.25, 0.3) is 10.9 Å². The third-order valence-electron chi connectivity index (χ3n) is 6.18. The molecule has 5 rings (SSSR count). The van der Waals surface area contributed by atoms with Crippen LogP contribution >= 0.6 is 23.2 Å². The highest BCUT2D eigenvalue weighted by Crippen LogP contribution is 2.38. The summed E-state index contributed by atoms with van der Waals surface area (Å²) in [5.41, 5.74) is 1.45. The fraction of sp³-hybridized carbons (Fsp3) is 0.333. The molecular formula is C24H23Cl2FN4O2. The van der Waals surface area contributed by atoms with Crippen LogP contribution < -0.4 is 21.0 Å². The zero-order chi connectivity index (χ0) is 23.1. The van der Waals surface area contributed by atoms with Crippen molar-refractivity contribution < 1.29 is 9.18 Å². The van der Waals surface area contributed by atoms with Crippen LogP contribution in [-0.4, -0.2) is 36.7 Å². The first-order valence-corrected chi connectivity index (χ1v) is 11.7. The first-order valence-electron chi connectivity index (χ1n) is 11.0. The van der Waals surface area contributed by atoms with Gasteiger partial charge in [-0.15, -0.1) is 0 Å². The largest absolute Gasteiger partial charge is 0.367 e. The minimum atomic E-state index is -0.506. The van der Waals surface area contributed by atoms with Gasteiger partial charge in [0.05, 0.1) is 21.2 Å². The van der Waals surface area contributed by atoms with E-state index in [0.717, 1.165) is 31.5 Å². The molecule has 0 atom stereocenters. The van der Waals surface area contributed by atoms with Gasteiger partial charge in [0.15, 0.2) is 0 Å². The average molecular weight is 489 g/mol. The molecule has 1 aliphatic heterocycles. The highest BCUT2D eigenvalue weighted by Gasteiger charge is 2.28. The van der Waals surface area contributed by atoms with Crippen molar-refractivity contribution in [1.82, 2.24) is 15.2 Å². The van der Waals surface area contributed by atoms with Crippen molar-refractivity contribution in [2.24, 2.45) is 0 Å². The second-order valence-electron chi connectivity index (χ2n) is 8.50. The van der Waals surface area contributed by atoms with Crippen molar-refractivity contribution in [1.29, 1.82) is 0 Å². The van der Waals surface area contributed by atoms with Crippen LogP contribution in [0, 0.1) is 5.82 Å². The molecule has 0 bridgehead atoms. The maximum Gasteiger partial charge on any atom is 0.257 e. The molecule has 9 heteroatoms. The lowest BCUT2D eigenvalue weighted by Crippen LogP contribution is -2.44. The molecule has 172 valence electrons. The number of rotatable bonds is 5. The van der Waals surface area contributed by atoms with Gasteiger partial charge in [0, 0.05) is 50.3 Å². The molecule has 1 aromatic heterocycles. The number of benzene rings is 2. The van der Waals surface area contributed by atoms with Crippen molar-refractivity contribution >= 4 is 45.7 Å². The summed E-state index contributed by atoms with van der Waals surface area (Å²) in [7, 11) is 0. The van der Waals surface area contributed by atoms with E-state index < -0.39 is 17.2 Å². The Morgan fingerprint density at radius 2 is 1.88 bits per heavy atom. The van der Waals surface area contributed by atoms with Crippen LogP contribution in [0.2, 0.25) is 10.0 Å².